The Morgan fingerprint density at radius 1 is 1.43 bits per heavy atom. The van der Waals surface area contributed by atoms with Gasteiger partial charge in [0.25, 0.3) is 0 Å². The zero-order valence-corrected chi connectivity index (χ0v) is 9.62. The van der Waals surface area contributed by atoms with Gasteiger partial charge in [-0.2, -0.15) is 5.10 Å². The quantitative estimate of drug-likeness (QED) is 0.776. The molecule has 1 rings (SSSR count). The molecule has 0 aromatic carbocycles. The molecule has 80 valence electrons. The van der Waals surface area contributed by atoms with E-state index in [-0.39, 0.29) is 0 Å². The van der Waals surface area contributed by atoms with Crippen molar-refractivity contribution in [3.05, 3.63) is 18.0 Å². The largest absolute Gasteiger partial charge is 0.312 e. The van der Waals surface area contributed by atoms with Gasteiger partial charge in [-0.3, -0.25) is 4.68 Å². The van der Waals surface area contributed by atoms with Crippen LogP contribution in [0.25, 0.3) is 0 Å². The van der Waals surface area contributed by atoms with Gasteiger partial charge in [0.1, 0.15) is 0 Å². The topological polar surface area (TPSA) is 29.9 Å². The monoisotopic (exact) mass is 195 g/mol. The van der Waals surface area contributed by atoms with Crippen LogP contribution in [0.4, 0.5) is 0 Å². The van der Waals surface area contributed by atoms with E-state index in [1.807, 2.05) is 10.9 Å². The summed E-state index contributed by atoms with van der Waals surface area (Å²) in [4.78, 5) is 0. The molecule has 3 heteroatoms. The van der Waals surface area contributed by atoms with Crippen LogP contribution in [0.1, 0.15) is 26.3 Å². The van der Waals surface area contributed by atoms with Crippen molar-refractivity contribution in [3.8, 4) is 0 Å². The maximum absolute atomic E-state index is 4.23. The van der Waals surface area contributed by atoms with Crippen molar-refractivity contribution < 1.29 is 0 Å². The van der Waals surface area contributed by atoms with E-state index < -0.39 is 0 Å². The van der Waals surface area contributed by atoms with Crippen LogP contribution in [0, 0.1) is 12.8 Å². The van der Waals surface area contributed by atoms with Crippen LogP contribution in [-0.4, -0.2) is 22.4 Å². The molecule has 0 aliphatic heterocycles. The van der Waals surface area contributed by atoms with Gasteiger partial charge in [-0.15, -0.1) is 0 Å². The van der Waals surface area contributed by atoms with Crippen LogP contribution in [0.3, 0.4) is 0 Å². The maximum Gasteiger partial charge on any atom is 0.0534 e. The third-order valence-electron chi connectivity index (χ3n) is 2.57. The molecule has 3 nitrogen and oxygen atoms in total. The van der Waals surface area contributed by atoms with Crippen molar-refractivity contribution in [1.29, 1.82) is 0 Å². The molecule has 0 spiro atoms. The van der Waals surface area contributed by atoms with Crippen LogP contribution in [0.15, 0.2) is 12.4 Å². The minimum absolute atomic E-state index is 0.576. The SMILES string of the molecule is Cc1cnn(CCNC(C)C(C)C)c1. The molecule has 0 saturated heterocycles. The molecule has 1 aromatic rings. The zero-order valence-electron chi connectivity index (χ0n) is 9.62. The summed E-state index contributed by atoms with van der Waals surface area (Å²) in [6.07, 6.45) is 3.97. The van der Waals surface area contributed by atoms with Gasteiger partial charge in [0.15, 0.2) is 0 Å². The Bertz CT molecular complexity index is 265. The minimum atomic E-state index is 0.576. The lowest BCUT2D eigenvalue weighted by Gasteiger charge is -2.17. The van der Waals surface area contributed by atoms with Crippen molar-refractivity contribution >= 4 is 0 Å². The number of aryl methyl sites for hydroxylation is 1. The second-order valence-corrected chi connectivity index (χ2v) is 4.27. The van der Waals surface area contributed by atoms with Crippen molar-refractivity contribution in [2.75, 3.05) is 6.54 Å². The van der Waals surface area contributed by atoms with E-state index in [1.165, 1.54) is 5.56 Å². The average molecular weight is 195 g/mol. The first-order chi connectivity index (χ1) is 6.59. The Morgan fingerprint density at radius 3 is 2.64 bits per heavy atom. The van der Waals surface area contributed by atoms with Crippen LogP contribution < -0.4 is 5.32 Å². The molecule has 1 unspecified atom stereocenters. The fourth-order valence-electron chi connectivity index (χ4n) is 1.23. The van der Waals surface area contributed by atoms with Crippen LogP contribution in [0.5, 0.6) is 0 Å². The second-order valence-electron chi connectivity index (χ2n) is 4.27. The van der Waals surface area contributed by atoms with Crippen LogP contribution >= 0.6 is 0 Å². The highest BCUT2D eigenvalue weighted by Crippen LogP contribution is 1.99. The van der Waals surface area contributed by atoms with Gasteiger partial charge in [-0.1, -0.05) is 13.8 Å². The Kier molecular flexibility index (Phi) is 4.14. The molecule has 0 aliphatic carbocycles. The lowest BCUT2D eigenvalue weighted by atomic mass is 10.1. The molecular formula is C11H21N3. The standard InChI is InChI=1S/C11H21N3/c1-9(2)11(4)12-5-6-14-8-10(3)7-13-14/h7-9,11-12H,5-6H2,1-4H3. The third-order valence-corrected chi connectivity index (χ3v) is 2.57. The fourth-order valence-corrected chi connectivity index (χ4v) is 1.23. The number of nitrogens with one attached hydrogen (secondary N) is 1. The molecule has 0 saturated carbocycles. The first-order valence-corrected chi connectivity index (χ1v) is 5.32. The van der Waals surface area contributed by atoms with Gasteiger partial charge >= 0.3 is 0 Å². The lowest BCUT2D eigenvalue weighted by Crippen LogP contribution is -2.33. The predicted molar refractivity (Wildman–Crippen MR) is 59.3 cm³/mol. The average Bonchev–Trinajstić information content (AvgIpc) is 2.51. The van der Waals surface area contributed by atoms with E-state index in [0.29, 0.717) is 12.0 Å². The molecular weight excluding hydrogens is 174 g/mol. The summed E-state index contributed by atoms with van der Waals surface area (Å²) in [6, 6.07) is 0.576. The molecule has 0 aliphatic rings. The predicted octanol–water partition coefficient (Wildman–Crippen LogP) is 1.83. The van der Waals surface area contributed by atoms with Gasteiger partial charge in [-0.05, 0) is 25.3 Å². The molecule has 0 fully saturated rings. The van der Waals surface area contributed by atoms with Crippen LogP contribution in [0.2, 0.25) is 0 Å². The highest BCUT2D eigenvalue weighted by molar-refractivity contribution is 4.99. The fraction of sp³-hybridized carbons (Fsp3) is 0.727. The summed E-state index contributed by atoms with van der Waals surface area (Å²) in [7, 11) is 0. The molecule has 1 N–H and O–H groups in total. The molecule has 1 atom stereocenters. The maximum atomic E-state index is 4.23. The minimum Gasteiger partial charge on any atom is -0.312 e. The molecule has 14 heavy (non-hydrogen) atoms. The van der Waals surface area contributed by atoms with Crippen molar-refractivity contribution in [3.63, 3.8) is 0 Å². The summed E-state index contributed by atoms with van der Waals surface area (Å²) >= 11 is 0. The Hall–Kier alpha value is -0.830. The summed E-state index contributed by atoms with van der Waals surface area (Å²) in [6.45, 7) is 10.7. The van der Waals surface area contributed by atoms with Crippen molar-refractivity contribution in [2.45, 2.75) is 40.3 Å². The highest BCUT2D eigenvalue weighted by Gasteiger charge is 2.04. The molecule has 0 bridgehead atoms. The second kappa shape index (κ2) is 5.15. The Morgan fingerprint density at radius 2 is 2.14 bits per heavy atom. The van der Waals surface area contributed by atoms with E-state index >= 15 is 0 Å². The number of hydrogen-bond acceptors (Lipinski definition) is 2. The van der Waals surface area contributed by atoms with E-state index in [4.69, 9.17) is 0 Å². The van der Waals surface area contributed by atoms with Gasteiger partial charge < -0.3 is 5.32 Å². The van der Waals surface area contributed by atoms with Crippen molar-refractivity contribution in [1.82, 2.24) is 15.1 Å². The first kappa shape index (κ1) is 11.2. The molecule has 0 amide bonds. The summed E-state index contributed by atoms with van der Waals surface area (Å²) in [5, 5.41) is 7.71. The Balaban J connectivity index is 2.22. The summed E-state index contributed by atoms with van der Waals surface area (Å²) in [5.41, 5.74) is 1.22. The molecule has 1 aromatic heterocycles. The third kappa shape index (κ3) is 3.50. The number of nitrogens with zero attached hydrogens (tertiary/aromatic N) is 2. The van der Waals surface area contributed by atoms with Crippen molar-refractivity contribution in [2.24, 2.45) is 5.92 Å². The normalized spacial score (nSPS) is 13.5. The summed E-state index contributed by atoms with van der Waals surface area (Å²) in [5.74, 6) is 0.689. The molecule has 1 heterocycles. The number of hydrogen-bond donors (Lipinski definition) is 1. The smallest absolute Gasteiger partial charge is 0.0534 e. The van der Waals surface area contributed by atoms with Crippen LogP contribution in [-0.2, 0) is 6.54 Å². The van der Waals surface area contributed by atoms with E-state index in [0.717, 1.165) is 13.1 Å². The highest BCUT2D eigenvalue weighted by atomic mass is 15.3. The van der Waals surface area contributed by atoms with E-state index in [2.05, 4.69) is 44.3 Å². The first-order valence-electron chi connectivity index (χ1n) is 5.32. The molecule has 0 radical (unpaired) electrons. The lowest BCUT2D eigenvalue weighted by molar-refractivity contribution is 0.410. The van der Waals surface area contributed by atoms with Gasteiger partial charge in [0.05, 0.1) is 12.7 Å². The van der Waals surface area contributed by atoms with Gasteiger partial charge in [0, 0.05) is 18.8 Å². The number of aromatic nitrogens is 2. The zero-order chi connectivity index (χ0) is 10.6. The van der Waals surface area contributed by atoms with Gasteiger partial charge in [0.2, 0.25) is 0 Å². The van der Waals surface area contributed by atoms with E-state index in [1.54, 1.807) is 0 Å². The van der Waals surface area contributed by atoms with E-state index in [9.17, 15) is 0 Å². The number of rotatable bonds is 5. The summed E-state index contributed by atoms with van der Waals surface area (Å²) < 4.78 is 1.98. The van der Waals surface area contributed by atoms with Gasteiger partial charge in [-0.25, -0.2) is 0 Å². The Labute approximate surface area is 86.5 Å².